The van der Waals surface area contributed by atoms with Crippen molar-refractivity contribution < 1.29 is 0 Å². The number of rotatable bonds is 8. The van der Waals surface area contributed by atoms with Gasteiger partial charge in [0.05, 0.1) is 44.5 Å². The summed E-state index contributed by atoms with van der Waals surface area (Å²) >= 11 is 0. The van der Waals surface area contributed by atoms with E-state index in [1.54, 1.807) is 0 Å². The van der Waals surface area contributed by atoms with E-state index in [9.17, 15) is 0 Å². The standard InChI is InChI=1S/C72H49N5/c1-46-21-37-68-60(41-46)61-42-47(2)22-38-69(61)77(68)57-36-40-71-63(44-57)62-43-56(76-66-19-11-9-17-58(66)59-18-10-12-20-67(59)76)35-39-70(62)75(71)55-33-31-51(32-34-55)49-25-23-48(24-26-49)50-27-29-53(30-28-50)65-45-64(52-13-5-3-6-14-52)73-72(74-65)54-15-7-4-8-16-54/h3-45H,1-2H3. The largest absolute Gasteiger partial charge is 0.309 e. The molecule has 0 atom stereocenters. The molecule has 0 radical (unpaired) electrons. The third-order valence-corrected chi connectivity index (χ3v) is 15.6. The number of fused-ring (bicyclic) bond motifs is 9. The molecule has 0 saturated carbocycles. The van der Waals surface area contributed by atoms with Gasteiger partial charge in [-0.1, -0.05) is 181 Å². The van der Waals surface area contributed by atoms with Gasteiger partial charge in [-0.15, -0.1) is 0 Å². The molecule has 0 fully saturated rings. The van der Waals surface area contributed by atoms with E-state index < -0.39 is 0 Å². The maximum Gasteiger partial charge on any atom is 0.160 e. The van der Waals surface area contributed by atoms with Crippen molar-refractivity contribution in [2.75, 3.05) is 0 Å². The zero-order chi connectivity index (χ0) is 51.1. The van der Waals surface area contributed by atoms with Crippen LogP contribution in [0.15, 0.2) is 261 Å². The first-order chi connectivity index (χ1) is 38.0. The molecule has 11 aromatic carbocycles. The zero-order valence-electron chi connectivity index (χ0n) is 42.6. The molecule has 15 rings (SSSR count). The van der Waals surface area contributed by atoms with Gasteiger partial charge in [0.25, 0.3) is 0 Å². The van der Waals surface area contributed by atoms with Crippen molar-refractivity contribution in [3.63, 3.8) is 0 Å². The highest BCUT2D eigenvalue weighted by molar-refractivity contribution is 6.14. The van der Waals surface area contributed by atoms with Crippen LogP contribution in [-0.4, -0.2) is 23.7 Å². The molecular weight excluding hydrogens is 935 g/mol. The fourth-order valence-corrected chi connectivity index (χ4v) is 11.8. The Morgan fingerprint density at radius 1 is 0.234 bits per heavy atom. The van der Waals surface area contributed by atoms with Crippen LogP contribution in [-0.2, 0) is 0 Å². The lowest BCUT2D eigenvalue weighted by Crippen LogP contribution is -1.96. The highest BCUT2D eigenvalue weighted by Crippen LogP contribution is 2.41. The molecule has 0 saturated heterocycles. The highest BCUT2D eigenvalue weighted by Gasteiger charge is 2.20. The fourth-order valence-electron chi connectivity index (χ4n) is 11.8. The van der Waals surface area contributed by atoms with Crippen molar-refractivity contribution in [1.82, 2.24) is 23.7 Å². The first-order valence-electron chi connectivity index (χ1n) is 26.4. The maximum atomic E-state index is 5.05. The predicted octanol–water partition coefficient (Wildman–Crippen LogP) is 18.7. The van der Waals surface area contributed by atoms with Gasteiger partial charge in [-0.3, -0.25) is 0 Å². The quantitative estimate of drug-likeness (QED) is 0.152. The molecule has 5 nitrogen and oxygen atoms in total. The van der Waals surface area contributed by atoms with Crippen molar-refractivity contribution in [2.24, 2.45) is 0 Å². The van der Waals surface area contributed by atoms with Gasteiger partial charge in [0.1, 0.15) is 0 Å². The minimum absolute atomic E-state index is 0.713. The van der Waals surface area contributed by atoms with Crippen molar-refractivity contribution >= 4 is 65.4 Å². The number of hydrogen-bond acceptors (Lipinski definition) is 2. The van der Waals surface area contributed by atoms with Crippen LogP contribution in [0.25, 0.3) is 139 Å². The van der Waals surface area contributed by atoms with E-state index >= 15 is 0 Å². The third-order valence-electron chi connectivity index (χ3n) is 15.6. The van der Waals surface area contributed by atoms with Crippen LogP contribution in [0.2, 0.25) is 0 Å². The van der Waals surface area contributed by atoms with Crippen molar-refractivity contribution in [2.45, 2.75) is 13.8 Å². The molecule has 4 heterocycles. The Kier molecular flexibility index (Phi) is 10.3. The molecule has 0 N–H and O–H groups in total. The molecule has 0 amide bonds. The molecule has 77 heavy (non-hydrogen) atoms. The number of para-hydroxylation sites is 2. The first kappa shape index (κ1) is 44.4. The fraction of sp³-hybridized carbons (Fsp3) is 0.0278. The molecule has 15 aromatic rings. The minimum atomic E-state index is 0.713. The summed E-state index contributed by atoms with van der Waals surface area (Å²) < 4.78 is 7.31. The minimum Gasteiger partial charge on any atom is -0.309 e. The summed E-state index contributed by atoms with van der Waals surface area (Å²) in [7, 11) is 0. The Morgan fingerprint density at radius 2 is 0.558 bits per heavy atom. The Labute approximate surface area is 445 Å². The number of nitrogens with zero attached hydrogens (tertiary/aromatic N) is 5. The molecule has 4 aromatic heterocycles. The van der Waals surface area contributed by atoms with Crippen LogP contribution < -0.4 is 0 Å². The normalized spacial score (nSPS) is 11.8. The van der Waals surface area contributed by atoms with Crippen LogP contribution in [0.5, 0.6) is 0 Å². The second kappa shape index (κ2) is 17.8. The van der Waals surface area contributed by atoms with Gasteiger partial charge >= 0.3 is 0 Å². The lowest BCUT2D eigenvalue weighted by molar-refractivity contribution is 1.16. The second-order valence-corrected chi connectivity index (χ2v) is 20.4. The van der Waals surface area contributed by atoms with E-state index in [0.29, 0.717) is 5.82 Å². The summed E-state index contributed by atoms with van der Waals surface area (Å²) in [6.07, 6.45) is 0. The lowest BCUT2D eigenvalue weighted by Gasteiger charge is -2.12. The Morgan fingerprint density at radius 3 is 1.03 bits per heavy atom. The molecule has 0 aliphatic rings. The van der Waals surface area contributed by atoms with E-state index in [-0.39, 0.29) is 0 Å². The Balaban J connectivity index is 0.796. The second-order valence-electron chi connectivity index (χ2n) is 20.4. The molecule has 0 aliphatic carbocycles. The first-order valence-corrected chi connectivity index (χ1v) is 26.4. The van der Waals surface area contributed by atoms with E-state index in [4.69, 9.17) is 9.97 Å². The van der Waals surface area contributed by atoms with E-state index in [2.05, 4.69) is 252 Å². The van der Waals surface area contributed by atoms with Crippen molar-refractivity contribution in [3.05, 3.63) is 272 Å². The number of aryl methyl sites for hydroxylation is 2. The van der Waals surface area contributed by atoms with Gasteiger partial charge in [-0.25, -0.2) is 9.97 Å². The van der Waals surface area contributed by atoms with Crippen molar-refractivity contribution in [3.8, 4) is 73.2 Å². The molecule has 0 aliphatic heterocycles. The summed E-state index contributed by atoms with van der Waals surface area (Å²) in [6, 6.07) is 94.6. The van der Waals surface area contributed by atoms with Gasteiger partial charge < -0.3 is 13.7 Å². The average molecular weight is 984 g/mol. The molecule has 362 valence electrons. The topological polar surface area (TPSA) is 40.6 Å². The van der Waals surface area contributed by atoms with E-state index in [1.807, 2.05) is 36.4 Å². The SMILES string of the molecule is Cc1ccc2c(c1)c1cc(C)ccc1n2-c1ccc2c(c1)c1cc(-n3c4ccccc4c4ccccc43)ccc1n2-c1ccc(-c2ccc(-c3ccc(-c4cc(-c5ccccc5)nc(-c5ccccc5)n4)cc3)cc2)cc1. The monoisotopic (exact) mass is 983 g/mol. The van der Waals surface area contributed by atoms with Crippen molar-refractivity contribution in [1.29, 1.82) is 0 Å². The van der Waals surface area contributed by atoms with Gasteiger partial charge in [-0.2, -0.15) is 0 Å². The molecular formula is C72H49N5. The van der Waals surface area contributed by atoms with Crippen LogP contribution >= 0.6 is 0 Å². The summed E-state index contributed by atoms with van der Waals surface area (Å²) in [5.74, 6) is 0.713. The smallest absolute Gasteiger partial charge is 0.160 e. The molecule has 0 unspecified atom stereocenters. The van der Waals surface area contributed by atoms with Gasteiger partial charge in [0.15, 0.2) is 5.82 Å². The van der Waals surface area contributed by atoms with Gasteiger partial charge in [-0.05, 0) is 127 Å². The highest BCUT2D eigenvalue weighted by atomic mass is 15.0. The Hall–Kier alpha value is -10.1. The summed E-state index contributed by atoms with van der Waals surface area (Å²) in [5, 5.41) is 7.46. The van der Waals surface area contributed by atoms with Crippen LogP contribution in [0.4, 0.5) is 0 Å². The number of benzene rings is 11. The summed E-state index contributed by atoms with van der Waals surface area (Å²) in [6.45, 7) is 4.37. The number of hydrogen-bond donors (Lipinski definition) is 0. The lowest BCUT2D eigenvalue weighted by atomic mass is 9.98. The molecule has 5 heteroatoms. The average Bonchev–Trinajstić information content (AvgIpc) is 4.25. The molecule has 0 bridgehead atoms. The van der Waals surface area contributed by atoms with Crippen LogP contribution in [0, 0.1) is 13.8 Å². The predicted molar refractivity (Wildman–Crippen MR) is 322 cm³/mol. The maximum absolute atomic E-state index is 5.05. The van der Waals surface area contributed by atoms with Gasteiger partial charge in [0.2, 0.25) is 0 Å². The number of aromatic nitrogens is 5. The van der Waals surface area contributed by atoms with E-state index in [1.165, 1.54) is 71.1 Å². The van der Waals surface area contributed by atoms with Gasteiger partial charge in [0, 0.05) is 66.1 Å². The zero-order valence-corrected chi connectivity index (χ0v) is 42.6. The van der Waals surface area contributed by atoms with E-state index in [0.717, 1.165) is 72.9 Å². The Bertz CT molecular complexity index is 4600. The third kappa shape index (κ3) is 7.46. The summed E-state index contributed by atoms with van der Waals surface area (Å²) in [5.41, 5.74) is 22.6. The molecule has 0 spiro atoms. The van der Waals surface area contributed by atoms with Crippen LogP contribution in [0.3, 0.4) is 0 Å². The van der Waals surface area contributed by atoms with Crippen LogP contribution in [0.1, 0.15) is 11.1 Å². The summed E-state index contributed by atoms with van der Waals surface area (Å²) in [4.78, 5) is 10.0.